The Morgan fingerprint density at radius 2 is 1.52 bits per heavy atom. The fourth-order valence-corrected chi connectivity index (χ4v) is 4.78. The molecule has 0 aromatic carbocycles. The van der Waals surface area contributed by atoms with Gasteiger partial charge in [0.05, 0.1) is 0 Å². The van der Waals surface area contributed by atoms with Crippen molar-refractivity contribution in [3.8, 4) is 0 Å². The minimum Gasteiger partial charge on any atom is -0.303 e. The van der Waals surface area contributed by atoms with Crippen LogP contribution in [-0.2, 0) is 0 Å². The molecule has 3 nitrogen and oxygen atoms in total. The van der Waals surface area contributed by atoms with E-state index < -0.39 is 0 Å². The first-order valence-corrected chi connectivity index (χ1v) is 9.99. The van der Waals surface area contributed by atoms with E-state index in [0.717, 1.165) is 12.0 Å². The Balaban J connectivity index is 1.38. The number of hydrogen-bond acceptors (Lipinski definition) is 3. The van der Waals surface area contributed by atoms with Gasteiger partial charge in [-0.3, -0.25) is 4.90 Å². The van der Waals surface area contributed by atoms with E-state index in [2.05, 4.69) is 49.3 Å². The van der Waals surface area contributed by atoms with Crippen molar-refractivity contribution in [2.24, 2.45) is 11.3 Å². The number of hydrogen-bond donors (Lipinski definition) is 0. The summed E-state index contributed by atoms with van der Waals surface area (Å²) in [5, 5.41) is 0. The van der Waals surface area contributed by atoms with Gasteiger partial charge in [-0.15, -0.1) is 0 Å². The van der Waals surface area contributed by atoms with E-state index in [1.54, 1.807) is 0 Å². The molecule has 0 N–H and O–H groups in total. The van der Waals surface area contributed by atoms with E-state index in [1.807, 2.05) is 0 Å². The fourth-order valence-electron chi connectivity index (χ4n) is 4.78. The molecule has 3 rings (SSSR count). The Hall–Kier alpha value is -0.120. The summed E-state index contributed by atoms with van der Waals surface area (Å²) in [4.78, 5) is 8.10. The van der Waals surface area contributed by atoms with Crippen molar-refractivity contribution in [2.45, 2.75) is 71.9 Å². The molecule has 0 bridgehead atoms. The van der Waals surface area contributed by atoms with Gasteiger partial charge < -0.3 is 9.80 Å². The number of likely N-dealkylation sites (tertiary alicyclic amines) is 3. The van der Waals surface area contributed by atoms with Gasteiger partial charge in [0.15, 0.2) is 0 Å². The molecule has 0 aliphatic carbocycles. The standard InChI is InChI=1S/C20H39N3/c1-17(2)22-10-6-18(7-11-22)14-21-12-8-20(9-13-21)15-23(16-20)19(3,4)5/h17-18H,6-16H2,1-5H3. The van der Waals surface area contributed by atoms with Gasteiger partial charge in [-0.05, 0) is 97.8 Å². The molecule has 0 saturated carbocycles. The van der Waals surface area contributed by atoms with E-state index in [-0.39, 0.29) is 0 Å². The van der Waals surface area contributed by atoms with Gasteiger partial charge in [0.1, 0.15) is 0 Å². The van der Waals surface area contributed by atoms with Crippen LogP contribution in [0.1, 0.15) is 60.3 Å². The summed E-state index contributed by atoms with van der Waals surface area (Å²) in [5.41, 5.74) is 1.04. The van der Waals surface area contributed by atoms with Gasteiger partial charge in [-0.2, -0.15) is 0 Å². The fraction of sp³-hybridized carbons (Fsp3) is 1.00. The highest BCUT2D eigenvalue weighted by Gasteiger charge is 2.47. The molecule has 0 atom stereocenters. The minimum atomic E-state index is 0.368. The maximum Gasteiger partial charge on any atom is 0.0125 e. The summed E-state index contributed by atoms with van der Waals surface area (Å²) in [6.45, 7) is 21.1. The summed E-state index contributed by atoms with van der Waals surface area (Å²) < 4.78 is 0. The Morgan fingerprint density at radius 1 is 0.957 bits per heavy atom. The van der Waals surface area contributed by atoms with Crippen molar-refractivity contribution >= 4 is 0 Å². The van der Waals surface area contributed by atoms with Crippen molar-refractivity contribution in [2.75, 3.05) is 45.8 Å². The predicted molar refractivity (Wildman–Crippen MR) is 98.9 cm³/mol. The molecule has 3 aliphatic rings. The lowest BCUT2D eigenvalue weighted by molar-refractivity contribution is -0.0916. The third-order valence-electron chi connectivity index (χ3n) is 6.81. The van der Waals surface area contributed by atoms with Crippen LogP contribution in [-0.4, -0.2) is 72.1 Å². The summed E-state index contributed by atoms with van der Waals surface area (Å²) in [6.07, 6.45) is 5.70. The SMILES string of the molecule is CC(C)N1CCC(CN2CCC3(CC2)CN(C(C)(C)C)C3)CC1. The molecule has 3 heteroatoms. The van der Waals surface area contributed by atoms with Crippen molar-refractivity contribution < 1.29 is 0 Å². The molecule has 0 radical (unpaired) electrons. The van der Waals surface area contributed by atoms with Gasteiger partial charge in [0.25, 0.3) is 0 Å². The van der Waals surface area contributed by atoms with E-state index >= 15 is 0 Å². The van der Waals surface area contributed by atoms with Crippen molar-refractivity contribution in [3.63, 3.8) is 0 Å². The van der Waals surface area contributed by atoms with Gasteiger partial charge in [0, 0.05) is 31.2 Å². The van der Waals surface area contributed by atoms with E-state index in [0.29, 0.717) is 11.0 Å². The molecule has 0 aromatic rings. The van der Waals surface area contributed by atoms with Crippen LogP contribution in [0.2, 0.25) is 0 Å². The first-order valence-electron chi connectivity index (χ1n) is 9.99. The Labute approximate surface area is 144 Å². The lowest BCUT2D eigenvalue weighted by Crippen LogP contribution is -2.65. The smallest absolute Gasteiger partial charge is 0.0125 e. The summed E-state index contributed by atoms with van der Waals surface area (Å²) in [6, 6.07) is 0.732. The molecule has 0 aromatic heterocycles. The second kappa shape index (κ2) is 6.65. The molecular weight excluding hydrogens is 282 g/mol. The maximum absolute atomic E-state index is 2.78. The van der Waals surface area contributed by atoms with Crippen LogP contribution in [0.15, 0.2) is 0 Å². The largest absolute Gasteiger partial charge is 0.303 e. The average Bonchev–Trinajstić information content (AvgIpc) is 2.45. The van der Waals surface area contributed by atoms with Crippen LogP contribution < -0.4 is 0 Å². The van der Waals surface area contributed by atoms with Crippen LogP contribution in [0.25, 0.3) is 0 Å². The molecule has 134 valence electrons. The van der Waals surface area contributed by atoms with Gasteiger partial charge in [-0.1, -0.05) is 0 Å². The zero-order valence-electron chi connectivity index (χ0n) is 16.3. The second-order valence-electron chi connectivity index (χ2n) is 9.90. The highest BCUT2D eigenvalue weighted by Crippen LogP contribution is 2.43. The first-order chi connectivity index (χ1) is 10.8. The van der Waals surface area contributed by atoms with Gasteiger partial charge in [0.2, 0.25) is 0 Å². The van der Waals surface area contributed by atoms with E-state index in [4.69, 9.17) is 0 Å². The van der Waals surface area contributed by atoms with Crippen LogP contribution >= 0.6 is 0 Å². The number of nitrogens with zero attached hydrogens (tertiary/aromatic N) is 3. The van der Waals surface area contributed by atoms with Gasteiger partial charge >= 0.3 is 0 Å². The maximum atomic E-state index is 2.78. The zero-order chi connectivity index (χ0) is 16.7. The normalized spacial score (nSPS) is 28.4. The number of rotatable bonds is 3. The lowest BCUT2D eigenvalue weighted by atomic mass is 9.70. The van der Waals surface area contributed by atoms with Crippen molar-refractivity contribution in [1.29, 1.82) is 0 Å². The molecule has 23 heavy (non-hydrogen) atoms. The molecule has 0 amide bonds. The van der Waals surface area contributed by atoms with Crippen LogP contribution in [0, 0.1) is 11.3 Å². The van der Waals surface area contributed by atoms with Crippen molar-refractivity contribution in [3.05, 3.63) is 0 Å². The quantitative estimate of drug-likeness (QED) is 0.790. The summed E-state index contributed by atoms with van der Waals surface area (Å²) >= 11 is 0. The number of piperidine rings is 2. The molecular formula is C20H39N3. The third-order valence-corrected chi connectivity index (χ3v) is 6.81. The molecule has 3 saturated heterocycles. The van der Waals surface area contributed by atoms with Crippen LogP contribution in [0.3, 0.4) is 0 Å². The predicted octanol–water partition coefficient (Wildman–Crippen LogP) is 3.30. The Morgan fingerprint density at radius 3 is 2.00 bits per heavy atom. The third kappa shape index (κ3) is 4.11. The monoisotopic (exact) mass is 321 g/mol. The van der Waals surface area contributed by atoms with Crippen LogP contribution in [0.4, 0.5) is 0 Å². The van der Waals surface area contributed by atoms with Crippen molar-refractivity contribution in [1.82, 2.24) is 14.7 Å². The van der Waals surface area contributed by atoms with Gasteiger partial charge in [-0.25, -0.2) is 0 Å². The minimum absolute atomic E-state index is 0.368. The molecule has 3 fully saturated rings. The topological polar surface area (TPSA) is 9.72 Å². The van der Waals surface area contributed by atoms with E-state index in [1.165, 1.54) is 71.5 Å². The lowest BCUT2D eigenvalue weighted by Gasteiger charge is -2.58. The highest BCUT2D eigenvalue weighted by molar-refractivity contribution is 5.02. The summed E-state index contributed by atoms with van der Waals surface area (Å²) in [5.74, 6) is 0.950. The molecule has 3 heterocycles. The highest BCUT2D eigenvalue weighted by atomic mass is 15.3. The summed E-state index contributed by atoms with van der Waals surface area (Å²) in [7, 11) is 0. The molecule has 1 spiro atoms. The van der Waals surface area contributed by atoms with Crippen LogP contribution in [0.5, 0.6) is 0 Å². The Kier molecular flexibility index (Phi) is 5.11. The Bertz CT molecular complexity index is 374. The average molecular weight is 322 g/mol. The molecule has 0 unspecified atom stereocenters. The van der Waals surface area contributed by atoms with E-state index in [9.17, 15) is 0 Å². The first kappa shape index (κ1) is 17.7. The molecule has 3 aliphatic heterocycles. The second-order valence-corrected chi connectivity index (χ2v) is 9.90. The zero-order valence-corrected chi connectivity index (χ0v) is 16.3.